The molecule has 1 aromatic carbocycles. The van der Waals surface area contributed by atoms with Crippen LogP contribution in [0, 0.1) is 0 Å². The van der Waals surface area contributed by atoms with Gasteiger partial charge in [-0.05, 0) is 30.8 Å². The van der Waals surface area contributed by atoms with Crippen molar-refractivity contribution in [3.63, 3.8) is 0 Å². The number of rotatable bonds is 7. The summed E-state index contributed by atoms with van der Waals surface area (Å²) in [6.45, 7) is 10.5. The fourth-order valence-corrected chi connectivity index (χ4v) is 3.36. The van der Waals surface area contributed by atoms with Gasteiger partial charge in [0, 0.05) is 30.3 Å². The highest BCUT2D eigenvalue weighted by molar-refractivity contribution is 7.99. The van der Waals surface area contributed by atoms with Crippen molar-refractivity contribution in [1.82, 2.24) is 10.2 Å². The van der Waals surface area contributed by atoms with Gasteiger partial charge >= 0.3 is 0 Å². The third-order valence-corrected chi connectivity index (χ3v) is 4.71. The van der Waals surface area contributed by atoms with Crippen LogP contribution < -0.4 is 5.32 Å². The van der Waals surface area contributed by atoms with Gasteiger partial charge in [0.2, 0.25) is 0 Å². The highest BCUT2D eigenvalue weighted by atomic mass is 32.2. The lowest BCUT2D eigenvalue weighted by Gasteiger charge is -2.31. The second-order valence-electron chi connectivity index (χ2n) is 5.12. The molecule has 1 atom stereocenters. The van der Waals surface area contributed by atoms with E-state index in [9.17, 15) is 0 Å². The Morgan fingerprint density at radius 2 is 2.30 bits per heavy atom. The molecular weight excluding hydrogens is 268 g/mol. The number of hydrogen-bond acceptors (Lipinski definition) is 4. The molecule has 1 aromatic rings. The molecule has 1 aliphatic rings. The highest BCUT2D eigenvalue weighted by Gasteiger charge is 2.19. The van der Waals surface area contributed by atoms with Crippen molar-refractivity contribution < 1.29 is 4.74 Å². The zero-order chi connectivity index (χ0) is 14.2. The van der Waals surface area contributed by atoms with Crippen LogP contribution in [0.25, 0.3) is 0 Å². The van der Waals surface area contributed by atoms with Gasteiger partial charge in [-0.15, -0.1) is 11.8 Å². The number of morpholine rings is 1. The van der Waals surface area contributed by atoms with Crippen LogP contribution in [0.5, 0.6) is 0 Å². The average Bonchev–Trinajstić information content (AvgIpc) is 2.51. The van der Waals surface area contributed by atoms with Crippen LogP contribution in [0.2, 0.25) is 0 Å². The van der Waals surface area contributed by atoms with E-state index in [1.807, 2.05) is 11.8 Å². The first-order valence-electron chi connectivity index (χ1n) is 7.58. The van der Waals surface area contributed by atoms with E-state index in [1.54, 1.807) is 0 Å². The molecule has 1 N–H and O–H groups in total. The van der Waals surface area contributed by atoms with E-state index in [2.05, 4.69) is 48.3 Å². The molecule has 0 aliphatic carbocycles. The Morgan fingerprint density at radius 3 is 3.10 bits per heavy atom. The van der Waals surface area contributed by atoms with Gasteiger partial charge in [0.05, 0.1) is 12.7 Å². The smallest absolute Gasteiger partial charge is 0.0796 e. The minimum atomic E-state index is 0.367. The first-order chi connectivity index (χ1) is 9.81. The van der Waals surface area contributed by atoms with Crippen molar-refractivity contribution in [2.45, 2.75) is 31.4 Å². The van der Waals surface area contributed by atoms with Crippen LogP contribution in [0.3, 0.4) is 0 Å². The molecule has 1 aliphatic heterocycles. The fourth-order valence-electron chi connectivity index (χ4n) is 2.37. The van der Waals surface area contributed by atoms with Crippen molar-refractivity contribution in [3.8, 4) is 0 Å². The van der Waals surface area contributed by atoms with E-state index in [4.69, 9.17) is 4.74 Å². The number of nitrogens with one attached hydrogen (secondary N) is 1. The Hall–Kier alpha value is -0.550. The summed E-state index contributed by atoms with van der Waals surface area (Å²) in [6, 6.07) is 8.81. The normalized spacial score (nSPS) is 20.2. The summed E-state index contributed by atoms with van der Waals surface area (Å²) in [5.74, 6) is 1.04. The zero-order valence-corrected chi connectivity index (χ0v) is 13.4. The molecule has 1 saturated heterocycles. The maximum absolute atomic E-state index is 5.85. The molecule has 4 heteroatoms. The topological polar surface area (TPSA) is 24.5 Å². The quantitative estimate of drug-likeness (QED) is 0.781. The van der Waals surface area contributed by atoms with Gasteiger partial charge < -0.3 is 10.1 Å². The molecule has 1 unspecified atom stereocenters. The monoisotopic (exact) mass is 294 g/mol. The van der Waals surface area contributed by atoms with E-state index in [0.29, 0.717) is 6.10 Å². The number of ether oxygens (including phenoxy) is 1. The molecule has 0 aromatic heterocycles. The summed E-state index contributed by atoms with van der Waals surface area (Å²) >= 11 is 1.91. The lowest BCUT2D eigenvalue weighted by atomic mass is 10.2. The lowest BCUT2D eigenvalue weighted by Crippen LogP contribution is -2.43. The van der Waals surface area contributed by atoms with Crippen LogP contribution in [-0.2, 0) is 11.3 Å². The molecule has 0 radical (unpaired) electrons. The van der Waals surface area contributed by atoms with Crippen LogP contribution in [0.1, 0.15) is 19.4 Å². The molecule has 112 valence electrons. The molecule has 0 spiro atoms. The summed E-state index contributed by atoms with van der Waals surface area (Å²) in [7, 11) is 0. The minimum Gasteiger partial charge on any atom is -0.375 e. The van der Waals surface area contributed by atoms with Gasteiger partial charge in [0.25, 0.3) is 0 Å². The standard InChI is InChI=1S/C16H26N2OS/c1-3-17-11-14-6-5-7-16(10-14)20-13-15-12-18(4-2)8-9-19-15/h5-7,10,15,17H,3-4,8-9,11-13H2,1-2H3. The lowest BCUT2D eigenvalue weighted by molar-refractivity contribution is -0.0137. The number of nitrogens with zero attached hydrogens (tertiary/aromatic N) is 1. The van der Waals surface area contributed by atoms with Crippen molar-refractivity contribution in [3.05, 3.63) is 29.8 Å². The van der Waals surface area contributed by atoms with Crippen LogP contribution in [0.4, 0.5) is 0 Å². The molecular formula is C16H26N2OS. The van der Waals surface area contributed by atoms with Gasteiger partial charge in [-0.3, -0.25) is 4.90 Å². The Kier molecular flexibility index (Phi) is 6.87. The van der Waals surface area contributed by atoms with E-state index in [0.717, 1.165) is 45.1 Å². The number of thioether (sulfide) groups is 1. The SMILES string of the molecule is CCNCc1cccc(SCC2CN(CC)CCO2)c1. The van der Waals surface area contributed by atoms with Crippen LogP contribution in [-0.4, -0.2) is 49.5 Å². The van der Waals surface area contributed by atoms with E-state index in [-0.39, 0.29) is 0 Å². The number of hydrogen-bond donors (Lipinski definition) is 1. The summed E-state index contributed by atoms with van der Waals surface area (Å²) in [4.78, 5) is 3.81. The Morgan fingerprint density at radius 1 is 1.40 bits per heavy atom. The van der Waals surface area contributed by atoms with Crippen molar-refractivity contribution in [1.29, 1.82) is 0 Å². The Labute approximate surface area is 127 Å². The maximum atomic E-state index is 5.85. The molecule has 0 saturated carbocycles. The van der Waals surface area contributed by atoms with E-state index in [1.165, 1.54) is 10.5 Å². The van der Waals surface area contributed by atoms with Crippen molar-refractivity contribution in [2.75, 3.05) is 38.5 Å². The molecule has 20 heavy (non-hydrogen) atoms. The number of likely N-dealkylation sites (N-methyl/N-ethyl adjacent to an activating group) is 1. The van der Waals surface area contributed by atoms with Crippen molar-refractivity contribution >= 4 is 11.8 Å². The van der Waals surface area contributed by atoms with Gasteiger partial charge in [-0.25, -0.2) is 0 Å². The van der Waals surface area contributed by atoms with Crippen LogP contribution >= 0.6 is 11.8 Å². The first-order valence-corrected chi connectivity index (χ1v) is 8.56. The third-order valence-electron chi connectivity index (χ3n) is 3.58. The van der Waals surface area contributed by atoms with Gasteiger partial charge in [0.1, 0.15) is 0 Å². The second kappa shape index (κ2) is 8.67. The largest absolute Gasteiger partial charge is 0.375 e. The minimum absolute atomic E-state index is 0.367. The number of benzene rings is 1. The van der Waals surface area contributed by atoms with Crippen LogP contribution in [0.15, 0.2) is 29.2 Å². The maximum Gasteiger partial charge on any atom is 0.0796 e. The molecule has 1 fully saturated rings. The average molecular weight is 294 g/mol. The molecule has 0 amide bonds. The summed E-state index contributed by atoms with van der Waals surface area (Å²) in [5, 5.41) is 3.37. The molecule has 2 rings (SSSR count). The molecule has 1 heterocycles. The van der Waals surface area contributed by atoms with Gasteiger partial charge in [-0.1, -0.05) is 26.0 Å². The van der Waals surface area contributed by atoms with Crippen molar-refractivity contribution in [2.24, 2.45) is 0 Å². The zero-order valence-electron chi connectivity index (χ0n) is 12.6. The molecule has 3 nitrogen and oxygen atoms in total. The summed E-state index contributed by atoms with van der Waals surface area (Å²) < 4.78 is 5.85. The summed E-state index contributed by atoms with van der Waals surface area (Å²) in [5.41, 5.74) is 1.36. The highest BCUT2D eigenvalue weighted by Crippen LogP contribution is 2.22. The first kappa shape index (κ1) is 15.8. The second-order valence-corrected chi connectivity index (χ2v) is 6.22. The fraction of sp³-hybridized carbons (Fsp3) is 0.625. The van der Waals surface area contributed by atoms with E-state index < -0.39 is 0 Å². The van der Waals surface area contributed by atoms with E-state index >= 15 is 0 Å². The predicted molar refractivity (Wildman–Crippen MR) is 86.4 cm³/mol. The Balaban J connectivity index is 1.81. The third kappa shape index (κ3) is 5.09. The van der Waals surface area contributed by atoms with Gasteiger partial charge in [-0.2, -0.15) is 0 Å². The summed E-state index contributed by atoms with van der Waals surface area (Å²) in [6.07, 6.45) is 0.367. The van der Waals surface area contributed by atoms with Gasteiger partial charge in [0.15, 0.2) is 0 Å². The molecule has 0 bridgehead atoms. The Bertz CT molecular complexity index is 400. The predicted octanol–water partition coefficient (Wildman–Crippen LogP) is 2.61.